The normalized spacial score (nSPS) is 12.1. The summed E-state index contributed by atoms with van der Waals surface area (Å²) >= 11 is 0. The van der Waals surface area contributed by atoms with E-state index in [-0.39, 0.29) is 0 Å². The molecule has 0 unspecified atom stereocenters. The largest absolute Gasteiger partial charge is 0.309 e. The van der Waals surface area contributed by atoms with Crippen molar-refractivity contribution in [3.8, 4) is 50.4 Å². The third kappa shape index (κ3) is 5.82. The van der Waals surface area contributed by atoms with Crippen LogP contribution in [0, 0.1) is 0 Å². The predicted octanol–water partition coefficient (Wildman–Crippen LogP) is 18.9. The highest BCUT2D eigenvalue weighted by molar-refractivity contribution is 6.30. The van der Waals surface area contributed by atoms with Gasteiger partial charge in [-0.1, -0.05) is 182 Å². The zero-order valence-corrected chi connectivity index (χ0v) is 39.7. The summed E-state index contributed by atoms with van der Waals surface area (Å²) in [6.07, 6.45) is 0. The second-order valence-electron chi connectivity index (χ2n) is 19.6. The average molecular weight is 926 g/mol. The molecular formula is C70H43N3. The summed E-state index contributed by atoms with van der Waals surface area (Å²) in [5, 5.41) is 15.1. The first kappa shape index (κ1) is 40.1. The van der Waals surface area contributed by atoms with Crippen LogP contribution in [0.1, 0.15) is 0 Å². The number of para-hydroxylation sites is 6. The van der Waals surface area contributed by atoms with E-state index >= 15 is 0 Å². The molecule has 0 spiro atoms. The van der Waals surface area contributed by atoms with Gasteiger partial charge in [-0.2, -0.15) is 0 Å². The lowest BCUT2D eigenvalue weighted by molar-refractivity contribution is 1.18. The fourth-order valence-electron chi connectivity index (χ4n) is 12.7. The molecule has 73 heavy (non-hydrogen) atoms. The number of hydrogen-bond donors (Lipinski definition) is 0. The van der Waals surface area contributed by atoms with Gasteiger partial charge < -0.3 is 13.7 Å². The minimum Gasteiger partial charge on any atom is -0.309 e. The molecule has 0 bridgehead atoms. The Kier molecular flexibility index (Phi) is 8.45. The molecule has 16 aromatic rings. The van der Waals surface area contributed by atoms with Gasteiger partial charge in [0.1, 0.15) is 0 Å². The molecule has 0 aliphatic rings. The Labute approximate surface area is 420 Å². The molecule has 0 radical (unpaired) electrons. The second-order valence-corrected chi connectivity index (χ2v) is 19.6. The summed E-state index contributed by atoms with van der Waals surface area (Å²) in [6.45, 7) is 0. The molecule has 0 saturated heterocycles. The molecule has 16 rings (SSSR count). The number of rotatable bonds is 6. The maximum atomic E-state index is 2.47. The first-order valence-corrected chi connectivity index (χ1v) is 25.3. The maximum Gasteiger partial charge on any atom is 0.0541 e. The summed E-state index contributed by atoms with van der Waals surface area (Å²) in [4.78, 5) is 0. The van der Waals surface area contributed by atoms with Crippen LogP contribution in [0.2, 0.25) is 0 Å². The Morgan fingerprint density at radius 1 is 0.192 bits per heavy atom. The first-order valence-electron chi connectivity index (χ1n) is 25.3. The minimum atomic E-state index is 1.14. The lowest BCUT2D eigenvalue weighted by Gasteiger charge is -2.20. The molecule has 0 N–H and O–H groups in total. The van der Waals surface area contributed by atoms with E-state index in [1.807, 2.05) is 0 Å². The van der Waals surface area contributed by atoms with E-state index in [1.54, 1.807) is 0 Å². The van der Waals surface area contributed by atoms with Crippen molar-refractivity contribution in [2.24, 2.45) is 0 Å². The molecule has 3 aromatic heterocycles. The van der Waals surface area contributed by atoms with E-state index in [9.17, 15) is 0 Å². The molecule has 0 atom stereocenters. The SMILES string of the molecule is c1cc(-c2ccc3ccc4c(-c5cccc(-n6c7ccccc7c7ccccc76)c5)cc(-c5cccc(-n6c7ccccc7c7ccccc76)c5)c5ccc2c3c45)cc(-n2c3ccccc3c3ccccc32)c1. The van der Waals surface area contributed by atoms with E-state index in [2.05, 4.69) is 275 Å². The monoisotopic (exact) mass is 925 g/mol. The minimum absolute atomic E-state index is 1.14. The Morgan fingerprint density at radius 3 is 0.863 bits per heavy atom. The topological polar surface area (TPSA) is 14.8 Å². The van der Waals surface area contributed by atoms with E-state index < -0.39 is 0 Å². The van der Waals surface area contributed by atoms with E-state index in [1.165, 1.54) is 131 Å². The van der Waals surface area contributed by atoms with E-state index in [4.69, 9.17) is 0 Å². The quantitative estimate of drug-likeness (QED) is 0.148. The van der Waals surface area contributed by atoms with Crippen LogP contribution in [0.25, 0.3) is 148 Å². The average Bonchev–Trinajstić information content (AvgIpc) is 4.10. The molecule has 3 heteroatoms. The summed E-state index contributed by atoms with van der Waals surface area (Å²) in [7, 11) is 0. The molecular weight excluding hydrogens is 883 g/mol. The maximum absolute atomic E-state index is 2.47. The number of nitrogens with zero attached hydrogens (tertiary/aromatic N) is 3. The molecule has 3 nitrogen and oxygen atoms in total. The van der Waals surface area contributed by atoms with Crippen LogP contribution in [-0.2, 0) is 0 Å². The molecule has 0 aliphatic heterocycles. The van der Waals surface area contributed by atoms with Gasteiger partial charge in [0, 0.05) is 49.4 Å². The Bertz CT molecular complexity index is 4590. The fourth-order valence-corrected chi connectivity index (χ4v) is 12.7. The predicted molar refractivity (Wildman–Crippen MR) is 309 cm³/mol. The highest BCUT2D eigenvalue weighted by Gasteiger charge is 2.22. The van der Waals surface area contributed by atoms with Crippen molar-refractivity contribution >= 4 is 97.7 Å². The van der Waals surface area contributed by atoms with Gasteiger partial charge in [0.05, 0.1) is 33.1 Å². The standard InChI is InChI=1S/C70H43N3/c1-7-28-63-52(22-1)53-23-2-8-29-64(53)71(63)48-19-13-16-45(40-48)51-36-34-44-35-37-59-61(46-17-14-20-49(41-46)72-65-30-9-3-24-54(65)55-25-4-10-31-66(55)72)43-62(60-39-38-58(51)69(44)70(59)60)47-18-15-21-50(42-47)73-67-32-11-5-26-56(67)57-27-6-12-33-68(57)73/h1-43H. The van der Waals surface area contributed by atoms with Crippen molar-refractivity contribution in [2.75, 3.05) is 0 Å². The molecule has 0 fully saturated rings. The molecule has 338 valence electrons. The van der Waals surface area contributed by atoms with Gasteiger partial charge in [-0.3, -0.25) is 0 Å². The smallest absolute Gasteiger partial charge is 0.0541 e. The van der Waals surface area contributed by atoms with Crippen molar-refractivity contribution in [1.29, 1.82) is 0 Å². The van der Waals surface area contributed by atoms with Crippen molar-refractivity contribution in [3.63, 3.8) is 0 Å². The lowest BCUT2D eigenvalue weighted by Crippen LogP contribution is -1.97. The zero-order valence-electron chi connectivity index (χ0n) is 39.7. The van der Waals surface area contributed by atoms with Gasteiger partial charge in [-0.25, -0.2) is 0 Å². The van der Waals surface area contributed by atoms with Crippen LogP contribution in [0.5, 0.6) is 0 Å². The molecule has 3 heterocycles. The Morgan fingerprint density at radius 2 is 0.493 bits per heavy atom. The van der Waals surface area contributed by atoms with Crippen LogP contribution < -0.4 is 0 Å². The van der Waals surface area contributed by atoms with Crippen LogP contribution >= 0.6 is 0 Å². The molecule has 0 saturated carbocycles. The van der Waals surface area contributed by atoms with E-state index in [0.29, 0.717) is 0 Å². The number of aromatic nitrogens is 3. The number of hydrogen-bond acceptors (Lipinski definition) is 0. The lowest BCUT2D eigenvalue weighted by atomic mass is 9.84. The van der Waals surface area contributed by atoms with Gasteiger partial charge in [0.15, 0.2) is 0 Å². The third-order valence-electron chi connectivity index (χ3n) is 15.8. The van der Waals surface area contributed by atoms with Crippen LogP contribution in [0.15, 0.2) is 261 Å². The Hall–Kier alpha value is -9.70. The first-order chi connectivity index (χ1) is 36.2. The van der Waals surface area contributed by atoms with Crippen LogP contribution in [0.4, 0.5) is 0 Å². The molecule has 0 amide bonds. The van der Waals surface area contributed by atoms with Crippen molar-refractivity contribution in [1.82, 2.24) is 13.7 Å². The van der Waals surface area contributed by atoms with Crippen LogP contribution in [0.3, 0.4) is 0 Å². The summed E-state index contributed by atoms with van der Waals surface area (Å²) in [6, 6.07) is 96.8. The second kappa shape index (κ2) is 15.4. The highest BCUT2D eigenvalue weighted by Crippen LogP contribution is 2.47. The molecule has 13 aromatic carbocycles. The summed E-state index contributed by atoms with van der Waals surface area (Å²) < 4.78 is 7.28. The summed E-state index contributed by atoms with van der Waals surface area (Å²) in [5.41, 5.74) is 17.8. The van der Waals surface area contributed by atoms with Gasteiger partial charge >= 0.3 is 0 Å². The summed E-state index contributed by atoms with van der Waals surface area (Å²) in [5.74, 6) is 0. The fraction of sp³-hybridized carbons (Fsp3) is 0. The van der Waals surface area contributed by atoms with Crippen LogP contribution in [-0.4, -0.2) is 13.7 Å². The Balaban J connectivity index is 0.949. The highest BCUT2D eigenvalue weighted by atomic mass is 15.0. The van der Waals surface area contributed by atoms with Crippen molar-refractivity contribution in [3.05, 3.63) is 261 Å². The van der Waals surface area contributed by atoms with E-state index in [0.717, 1.165) is 17.1 Å². The van der Waals surface area contributed by atoms with Gasteiger partial charge in [0.2, 0.25) is 0 Å². The van der Waals surface area contributed by atoms with Gasteiger partial charge in [0.25, 0.3) is 0 Å². The molecule has 0 aliphatic carbocycles. The number of benzene rings is 13. The van der Waals surface area contributed by atoms with Crippen molar-refractivity contribution < 1.29 is 0 Å². The van der Waals surface area contributed by atoms with Gasteiger partial charge in [-0.15, -0.1) is 0 Å². The number of fused-ring (bicyclic) bond motifs is 9. The van der Waals surface area contributed by atoms with Gasteiger partial charge in [-0.05, 0) is 145 Å². The zero-order chi connectivity index (χ0) is 47.7. The van der Waals surface area contributed by atoms with Crippen molar-refractivity contribution in [2.45, 2.75) is 0 Å². The third-order valence-corrected chi connectivity index (χ3v) is 15.8.